The molecule has 3 aromatic rings. The highest BCUT2D eigenvalue weighted by molar-refractivity contribution is 7.89. The zero-order valence-corrected chi connectivity index (χ0v) is 19.5. The van der Waals surface area contributed by atoms with Crippen molar-refractivity contribution in [3.05, 3.63) is 89.0 Å². The number of sulfonamides is 1. The third kappa shape index (κ3) is 5.75. The van der Waals surface area contributed by atoms with Crippen LogP contribution < -0.4 is 14.8 Å². The van der Waals surface area contributed by atoms with Crippen LogP contribution in [0.4, 0.5) is 5.69 Å². The fourth-order valence-corrected chi connectivity index (χ4v) is 4.82. The van der Waals surface area contributed by atoms with Crippen molar-refractivity contribution in [3.8, 4) is 5.75 Å². The van der Waals surface area contributed by atoms with Gasteiger partial charge in [-0.25, -0.2) is 8.42 Å². The minimum absolute atomic E-state index is 0.00222. The van der Waals surface area contributed by atoms with Crippen LogP contribution in [0, 0.1) is 20.8 Å². The summed E-state index contributed by atoms with van der Waals surface area (Å²) in [4.78, 5) is 13.2. The third-order valence-corrected chi connectivity index (χ3v) is 6.65. The van der Waals surface area contributed by atoms with Crippen molar-refractivity contribution in [2.45, 2.75) is 38.1 Å². The van der Waals surface area contributed by atoms with E-state index in [1.165, 1.54) is 13.2 Å². The van der Waals surface area contributed by atoms with Gasteiger partial charge in [0.15, 0.2) is 0 Å². The number of anilines is 1. The smallest absolute Gasteiger partial charge is 0.245 e. The van der Waals surface area contributed by atoms with Gasteiger partial charge in [0.1, 0.15) is 16.7 Å². The van der Waals surface area contributed by atoms with E-state index in [1.807, 2.05) is 62.4 Å². The number of hydrogen-bond donors (Lipinski definition) is 2. The lowest BCUT2D eigenvalue weighted by molar-refractivity contribution is -0.117. The standard InChI is InChI=1S/C25H28N2O4S/c1-17-10-12-19(3)21(14-17)26-25(28)22(16-20-8-6-5-7-9-20)27-32(29,30)24-15-18(2)11-13-23(24)31-4/h5-15,22,27H,16H2,1-4H3,(H,26,28)/t22-/m1/s1. The molecule has 2 N–H and O–H groups in total. The van der Waals surface area contributed by atoms with Gasteiger partial charge < -0.3 is 10.1 Å². The predicted octanol–water partition coefficient (Wildman–Crippen LogP) is 4.15. The summed E-state index contributed by atoms with van der Waals surface area (Å²) in [7, 11) is -2.62. The zero-order valence-electron chi connectivity index (χ0n) is 18.7. The van der Waals surface area contributed by atoms with Gasteiger partial charge in [-0.3, -0.25) is 4.79 Å². The molecule has 0 unspecified atom stereocenters. The number of carbonyl (C=O) groups excluding carboxylic acids is 1. The average molecular weight is 453 g/mol. The lowest BCUT2D eigenvalue weighted by atomic mass is 10.1. The van der Waals surface area contributed by atoms with Crippen LogP contribution in [0.2, 0.25) is 0 Å². The second-order valence-corrected chi connectivity index (χ2v) is 9.51. The lowest BCUT2D eigenvalue weighted by Gasteiger charge is -2.20. The summed E-state index contributed by atoms with van der Waals surface area (Å²) in [6.45, 7) is 5.62. The molecular formula is C25H28N2O4S. The molecule has 3 aromatic carbocycles. The quantitative estimate of drug-likeness (QED) is 0.538. The number of nitrogens with one attached hydrogen (secondary N) is 2. The van der Waals surface area contributed by atoms with Crippen LogP contribution in [-0.2, 0) is 21.2 Å². The molecule has 0 aliphatic rings. The van der Waals surface area contributed by atoms with Crippen molar-refractivity contribution in [1.82, 2.24) is 4.72 Å². The number of amides is 1. The van der Waals surface area contributed by atoms with E-state index < -0.39 is 22.0 Å². The molecule has 3 rings (SSSR count). The summed E-state index contributed by atoms with van der Waals surface area (Å²) in [5.41, 5.74) is 4.15. The zero-order chi connectivity index (χ0) is 23.3. The van der Waals surface area contributed by atoms with Gasteiger partial charge in [-0.1, -0.05) is 48.5 Å². The number of hydrogen-bond acceptors (Lipinski definition) is 4. The first-order valence-corrected chi connectivity index (χ1v) is 11.8. The van der Waals surface area contributed by atoms with Crippen molar-refractivity contribution in [3.63, 3.8) is 0 Å². The Labute approximate surface area is 189 Å². The van der Waals surface area contributed by atoms with Gasteiger partial charge in [-0.15, -0.1) is 0 Å². The number of ether oxygens (including phenoxy) is 1. The Hall–Kier alpha value is -3.16. The third-order valence-electron chi connectivity index (χ3n) is 5.16. The molecule has 0 aromatic heterocycles. The molecule has 6 nitrogen and oxygen atoms in total. The molecule has 7 heteroatoms. The summed E-state index contributed by atoms with van der Waals surface area (Å²) in [5, 5.41) is 2.89. The highest BCUT2D eigenvalue weighted by Gasteiger charge is 2.28. The van der Waals surface area contributed by atoms with Gasteiger partial charge in [0.05, 0.1) is 7.11 Å². The normalized spacial score (nSPS) is 12.2. The topological polar surface area (TPSA) is 84.5 Å². The molecule has 0 heterocycles. The molecular weight excluding hydrogens is 424 g/mol. The maximum Gasteiger partial charge on any atom is 0.245 e. The highest BCUT2D eigenvalue weighted by Crippen LogP contribution is 2.25. The van der Waals surface area contributed by atoms with Crippen LogP contribution >= 0.6 is 0 Å². The number of aryl methyl sites for hydroxylation is 3. The van der Waals surface area contributed by atoms with Gasteiger partial charge in [0, 0.05) is 5.69 Å². The first kappa shape index (κ1) is 23.5. The Morgan fingerprint density at radius 2 is 1.59 bits per heavy atom. The summed E-state index contributed by atoms with van der Waals surface area (Å²) in [6, 6.07) is 18.9. The number of benzene rings is 3. The van der Waals surface area contributed by atoms with E-state index in [0.29, 0.717) is 5.69 Å². The maximum absolute atomic E-state index is 13.3. The van der Waals surface area contributed by atoms with Crippen molar-refractivity contribution < 1.29 is 17.9 Å². The maximum atomic E-state index is 13.3. The molecule has 0 aliphatic carbocycles. The van der Waals surface area contributed by atoms with Crippen LogP contribution in [0.3, 0.4) is 0 Å². The molecule has 0 spiro atoms. The highest BCUT2D eigenvalue weighted by atomic mass is 32.2. The second-order valence-electron chi connectivity index (χ2n) is 7.83. The summed E-state index contributed by atoms with van der Waals surface area (Å²) >= 11 is 0. The molecule has 0 fully saturated rings. The predicted molar refractivity (Wildman–Crippen MR) is 127 cm³/mol. The van der Waals surface area contributed by atoms with E-state index in [1.54, 1.807) is 19.1 Å². The first-order chi connectivity index (χ1) is 15.2. The monoisotopic (exact) mass is 452 g/mol. The van der Waals surface area contributed by atoms with E-state index in [-0.39, 0.29) is 17.1 Å². The fourth-order valence-electron chi connectivity index (χ4n) is 3.37. The van der Waals surface area contributed by atoms with Crippen molar-refractivity contribution in [2.75, 3.05) is 12.4 Å². The Morgan fingerprint density at radius 3 is 2.28 bits per heavy atom. The molecule has 0 saturated carbocycles. The minimum Gasteiger partial charge on any atom is -0.495 e. The molecule has 0 saturated heterocycles. The summed E-state index contributed by atoms with van der Waals surface area (Å²) in [5.74, 6) is -0.214. The van der Waals surface area contributed by atoms with Crippen LogP contribution in [0.25, 0.3) is 0 Å². The van der Waals surface area contributed by atoms with Crippen LogP contribution in [-0.4, -0.2) is 27.5 Å². The van der Waals surface area contributed by atoms with Gasteiger partial charge in [0.2, 0.25) is 15.9 Å². The Balaban J connectivity index is 1.95. The lowest BCUT2D eigenvalue weighted by Crippen LogP contribution is -2.45. The van der Waals surface area contributed by atoms with Gasteiger partial charge in [0.25, 0.3) is 0 Å². The molecule has 0 aliphatic heterocycles. The van der Waals surface area contributed by atoms with E-state index in [2.05, 4.69) is 10.0 Å². The molecule has 168 valence electrons. The fraction of sp³-hybridized carbons (Fsp3) is 0.240. The van der Waals surface area contributed by atoms with Crippen LogP contribution in [0.5, 0.6) is 5.75 Å². The van der Waals surface area contributed by atoms with Crippen molar-refractivity contribution in [1.29, 1.82) is 0 Å². The summed E-state index contributed by atoms with van der Waals surface area (Å²) < 4.78 is 34.4. The Kier molecular flexibility index (Phi) is 7.33. The van der Waals surface area contributed by atoms with E-state index >= 15 is 0 Å². The molecule has 1 amide bonds. The van der Waals surface area contributed by atoms with Crippen LogP contribution in [0.15, 0.2) is 71.6 Å². The van der Waals surface area contributed by atoms with E-state index in [9.17, 15) is 13.2 Å². The van der Waals surface area contributed by atoms with Gasteiger partial charge >= 0.3 is 0 Å². The minimum atomic E-state index is -4.04. The number of carbonyl (C=O) groups is 1. The molecule has 1 atom stereocenters. The SMILES string of the molecule is COc1ccc(C)cc1S(=O)(=O)N[C@H](Cc1ccccc1)C(=O)Nc1cc(C)ccc1C. The largest absolute Gasteiger partial charge is 0.495 e. The second kappa shape index (κ2) is 9.97. The number of rotatable bonds is 8. The molecule has 32 heavy (non-hydrogen) atoms. The summed E-state index contributed by atoms with van der Waals surface area (Å²) in [6.07, 6.45) is 0.199. The van der Waals surface area contributed by atoms with Gasteiger partial charge in [-0.2, -0.15) is 4.72 Å². The van der Waals surface area contributed by atoms with Crippen molar-refractivity contribution in [2.24, 2.45) is 0 Å². The number of methoxy groups -OCH3 is 1. The van der Waals surface area contributed by atoms with Gasteiger partial charge in [-0.05, 0) is 67.6 Å². The Bertz CT molecular complexity index is 1210. The first-order valence-electron chi connectivity index (χ1n) is 10.3. The van der Waals surface area contributed by atoms with Crippen molar-refractivity contribution >= 4 is 21.6 Å². The van der Waals surface area contributed by atoms with E-state index in [0.717, 1.165) is 22.3 Å². The molecule has 0 bridgehead atoms. The Morgan fingerprint density at radius 1 is 0.938 bits per heavy atom. The molecule has 0 radical (unpaired) electrons. The van der Waals surface area contributed by atoms with Crippen LogP contribution in [0.1, 0.15) is 22.3 Å². The average Bonchev–Trinajstić information content (AvgIpc) is 2.76. The van der Waals surface area contributed by atoms with E-state index in [4.69, 9.17) is 4.74 Å².